The Morgan fingerprint density at radius 3 is 2.74 bits per heavy atom. The third-order valence-electron chi connectivity index (χ3n) is 4.49. The fourth-order valence-corrected chi connectivity index (χ4v) is 3.21. The molecule has 2 heterocycles. The molecule has 1 amide bonds. The second-order valence-corrected chi connectivity index (χ2v) is 6.55. The van der Waals surface area contributed by atoms with E-state index in [0.29, 0.717) is 23.6 Å². The highest BCUT2D eigenvalue weighted by molar-refractivity contribution is 6.30. The Labute approximate surface area is 159 Å². The molecule has 138 valence electrons. The van der Waals surface area contributed by atoms with Gasteiger partial charge >= 0.3 is 0 Å². The summed E-state index contributed by atoms with van der Waals surface area (Å²) in [5.41, 5.74) is 1.21. The predicted octanol–water partition coefficient (Wildman–Crippen LogP) is 4.06. The molecule has 1 saturated heterocycles. The second kappa shape index (κ2) is 7.00. The summed E-state index contributed by atoms with van der Waals surface area (Å²) < 4.78 is 24.1. The van der Waals surface area contributed by atoms with Crippen LogP contribution in [0.25, 0.3) is 11.4 Å². The first kappa shape index (κ1) is 17.5. The van der Waals surface area contributed by atoms with Crippen molar-refractivity contribution < 1.29 is 18.4 Å². The molecule has 27 heavy (non-hydrogen) atoms. The van der Waals surface area contributed by atoms with Crippen LogP contribution in [0.1, 0.15) is 18.2 Å². The van der Waals surface area contributed by atoms with Crippen molar-refractivity contribution >= 4 is 23.2 Å². The van der Waals surface area contributed by atoms with E-state index in [0.717, 1.165) is 5.69 Å². The molecule has 0 radical (unpaired) electrons. The van der Waals surface area contributed by atoms with Crippen LogP contribution in [-0.2, 0) is 4.79 Å². The van der Waals surface area contributed by atoms with E-state index >= 15 is 0 Å². The molecule has 0 N–H and O–H groups in total. The molecular weight excluding hydrogens is 373 g/mol. The number of nitrogens with zero attached hydrogens (tertiary/aromatic N) is 3. The van der Waals surface area contributed by atoms with Gasteiger partial charge in [0.05, 0.1) is 7.11 Å². The minimum atomic E-state index is -0.523. The van der Waals surface area contributed by atoms with Crippen LogP contribution in [0.3, 0.4) is 0 Å². The van der Waals surface area contributed by atoms with Gasteiger partial charge in [-0.1, -0.05) is 16.8 Å². The van der Waals surface area contributed by atoms with Crippen molar-refractivity contribution in [3.8, 4) is 17.1 Å². The number of aromatic nitrogens is 2. The molecule has 1 fully saturated rings. The van der Waals surface area contributed by atoms with Crippen LogP contribution < -0.4 is 9.64 Å². The SMILES string of the molecule is COc1ccc(-c2noc(C3CCN(c4ccc(Cl)cc4)C3=O)n2)cc1F. The van der Waals surface area contributed by atoms with E-state index < -0.39 is 11.7 Å². The number of methoxy groups -OCH3 is 1. The lowest BCUT2D eigenvalue weighted by Gasteiger charge is -2.16. The molecule has 1 aliphatic heterocycles. The van der Waals surface area contributed by atoms with E-state index in [4.69, 9.17) is 20.9 Å². The van der Waals surface area contributed by atoms with Gasteiger partial charge in [0.1, 0.15) is 5.92 Å². The summed E-state index contributed by atoms with van der Waals surface area (Å²) >= 11 is 5.90. The van der Waals surface area contributed by atoms with Crippen molar-refractivity contribution in [2.75, 3.05) is 18.6 Å². The van der Waals surface area contributed by atoms with Crippen LogP contribution in [0.5, 0.6) is 5.75 Å². The lowest BCUT2D eigenvalue weighted by Crippen LogP contribution is -2.26. The Kier molecular flexibility index (Phi) is 4.53. The molecule has 0 bridgehead atoms. The lowest BCUT2D eigenvalue weighted by atomic mass is 10.1. The molecule has 1 aliphatic rings. The van der Waals surface area contributed by atoms with Crippen LogP contribution >= 0.6 is 11.6 Å². The maximum absolute atomic E-state index is 13.9. The van der Waals surface area contributed by atoms with Crippen molar-refractivity contribution in [1.29, 1.82) is 0 Å². The van der Waals surface area contributed by atoms with Gasteiger partial charge in [-0.3, -0.25) is 4.79 Å². The van der Waals surface area contributed by atoms with Crippen molar-refractivity contribution in [2.45, 2.75) is 12.3 Å². The summed E-state index contributed by atoms with van der Waals surface area (Å²) in [6, 6.07) is 11.5. The zero-order chi connectivity index (χ0) is 19.0. The number of hydrogen-bond acceptors (Lipinski definition) is 5. The molecule has 3 aromatic rings. The molecule has 6 nitrogen and oxygen atoms in total. The smallest absolute Gasteiger partial charge is 0.239 e. The normalized spacial score (nSPS) is 16.8. The van der Waals surface area contributed by atoms with Crippen LogP contribution in [0.15, 0.2) is 47.0 Å². The maximum Gasteiger partial charge on any atom is 0.239 e. The summed E-state index contributed by atoms with van der Waals surface area (Å²) in [5, 5.41) is 4.50. The summed E-state index contributed by atoms with van der Waals surface area (Å²) in [6.45, 7) is 0.542. The van der Waals surface area contributed by atoms with Crippen LogP contribution in [0, 0.1) is 5.82 Å². The number of halogens is 2. The number of anilines is 1. The average molecular weight is 388 g/mol. The minimum Gasteiger partial charge on any atom is -0.494 e. The lowest BCUT2D eigenvalue weighted by molar-refractivity contribution is -0.118. The van der Waals surface area contributed by atoms with E-state index in [1.54, 1.807) is 35.2 Å². The third-order valence-corrected chi connectivity index (χ3v) is 4.75. The highest BCUT2D eigenvalue weighted by Gasteiger charge is 2.37. The first-order valence-electron chi connectivity index (χ1n) is 8.31. The molecule has 1 atom stereocenters. The molecule has 1 aromatic heterocycles. The third kappa shape index (κ3) is 3.26. The van der Waals surface area contributed by atoms with Gasteiger partial charge in [-0.2, -0.15) is 4.98 Å². The Bertz CT molecular complexity index is 990. The first-order valence-corrected chi connectivity index (χ1v) is 8.69. The quantitative estimate of drug-likeness (QED) is 0.675. The summed E-state index contributed by atoms with van der Waals surface area (Å²) in [4.78, 5) is 18.7. The number of ether oxygens (including phenoxy) is 1. The molecule has 0 aliphatic carbocycles. The highest BCUT2D eigenvalue weighted by atomic mass is 35.5. The topological polar surface area (TPSA) is 68.5 Å². The zero-order valence-corrected chi connectivity index (χ0v) is 15.1. The average Bonchev–Trinajstić information content (AvgIpc) is 3.29. The number of amides is 1. The molecular formula is C19H15ClFN3O3. The van der Waals surface area contributed by atoms with Gasteiger partial charge in [0.2, 0.25) is 17.6 Å². The van der Waals surface area contributed by atoms with Gasteiger partial charge in [-0.15, -0.1) is 0 Å². The van der Waals surface area contributed by atoms with Crippen molar-refractivity contribution in [1.82, 2.24) is 10.1 Å². The maximum atomic E-state index is 13.9. The fourth-order valence-electron chi connectivity index (χ4n) is 3.09. The zero-order valence-electron chi connectivity index (χ0n) is 14.4. The molecule has 1 unspecified atom stereocenters. The number of benzene rings is 2. The van der Waals surface area contributed by atoms with Gasteiger partial charge in [0.25, 0.3) is 0 Å². The van der Waals surface area contributed by atoms with Crippen LogP contribution in [0.4, 0.5) is 10.1 Å². The van der Waals surface area contributed by atoms with Crippen molar-refractivity contribution in [3.63, 3.8) is 0 Å². The van der Waals surface area contributed by atoms with Crippen molar-refractivity contribution in [3.05, 3.63) is 59.2 Å². The Morgan fingerprint density at radius 2 is 2.04 bits per heavy atom. The van der Waals surface area contributed by atoms with Gasteiger partial charge in [-0.05, 0) is 48.9 Å². The number of hydrogen-bond donors (Lipinski definition) is 0. The fraction of sp³-hybridized carbons (Fsp3) is 0.211. The van der Waals surface area contributed by atoms with E-state index in [9.17, 15) is 9.18 Å². The second-order valence-electron chi connectivity index (χ2n) is 6.11. The first-order chi connectivity index (χ1) is 13.1. The van der Waals surface area contributed by atoms with E-state index in [-0.39, 0.29) is 23.4 Å². The molecule has 2 aromatic carbocycles. The van der Waals surface area contributed by atoms with Crippen molar-refractivity contribution in [2.24, 2.45) is 0 Å². The summed E-state index contributed by atoms with van der Waals surface area (Å²) in [7, 11) is 1.39. The molecule has 0 saturated carbocycles. The van der Waals surface area contributed by atoms with Crippen LogP contribution in [0.2, 0.25) is 5.02 Å². The Balaban J connectivity index is 1.56. The molecule has 4 rings (SSSR count). The van der Waals surface area contributed by atoms with E-state index in [1.807, 2.05) is 0 Å². The van der Waals surface area contributed by atoms with Gasteiger partial charge in [-0.25, -0.2) is 4.39 Å². The summed E-state index contributed by atoms with van der Waals surface area (Å²) in [5.74, 6) is -0.579. The number of carbonyl (C=O) groups excluding carboxylic acids is 1. The van der Waals surface area contributed by atoms with Gasteiger partial charge < -0.3 is 14.2 Å². The van der Waals surface area contributed by atoms with E-state index in [2.05, 4.69) is 10.1 Å². The summed E-state index contributed by atoms with van der Waals surface area (Å²) in [6.07, 6.45) is 0.556. The molecule has 0 spiro atoms. The van der Waals surface area contributed by atoms with E-state index in [1.165, 1.54) is 19.2 Å². The standard InChI is InChI=1S/C19H15ClFN3O3/c1-26-16-7-2-11(10-15(16)21)17-22-18(27-23-17)14-8-9-24(19(14)25)13-5-3-12(20)4-6-13/h2-7,10,14H,8-9H2,1H3. The van der Waals surface area contributed by atoms with Crippen LogP contribution in [-0.4, -0.2) is 29.7 Å². The van der Waals surface area contributed by atoms with Gasteiger partial charge in [0, 0.05) is 22.8 Å². The largest absolute Gasteiger partial charge is 0.494 e. The number of rotatable bonds is 4. The monoisotopic (exact) mass is 387 g/mol. The van der Waals surface area contributed by atoms with Gasteiger partial charge in [0.15, 0.2) is 11.6 Å². The molecule has 8 heteroatoms. The number of carbonyl (C=O) groups is 1. The Hall–Kier alpha value is -2.93. The minimum absolute atomic E-state index is 0.117. The predicted molar refractivity (Wildman–Crippen MR) is 97.4 cm³/mol. The Morgan fingerprint density at radius 1 is 1.26 bits per heavy atom. The highest BCUT2D eigenvalue weighted by Crippen LogP contribution is 2.33.